The predicted molar refractivity (Wildman–Crippen MR) is 114 cm³/mol. The number of methoxy groups -OCH3 is 2. The van der Waals surface area contributed by atoms with Gasteiger partial charge in [0.2, 0.25) is 5.91 Å². The Balaban J connectivity index is 1.82. The van der Waals surface area contributed by atoms with Crippen molar-refractivity contribution in [3.63, 3.8) is 0 Å². The molecule has 2 aromatic rings. The van der Waals surface area contributed by atoms with Gasteiger partial charge >= 0.3 is 6.16 Å². The number of ether oxygens (including phenoxy) is 3. The Bertz CT molecular complexity index is 919. The molecule has 2 aromatic carbocycles. The second kappa shape index (κ2) is 9.17. The van der Waals surface area contributed by atoms with E-state index >= 15 is 0 Å². The second-order valence-electron chi connectivity index (χ2n) is 7.46. The maximum absolute atomic E-state index is 13.3. The van der Waals surface area contributed by atoms with Crippen molar-refractivity contribution in [1.29, 1.82) is 0 Å². The molecule has 1 heterocycles. The van der Waals surface area contributed by atoms with Crippen LogP contribution in [0.2, 0.25) is 0 Å². The summed E-state index contributed by atoms with van der Waals surface area (Å²) in [4.78, 5) is 26.4. The molecule has 3 rings (SSSR count). The van der Waals surface area contributed by atoms with Gasteiger partial charge in [-0.3, -0.25) is 4.79 Å². The summed E-state index contributed by atoms with van der Waals surface area (Å²) in [5.41, 5.74) is 11.0. The van der Waals surface area contributed by atoms with Crippen molar-refractivity contribution in [2.45, 2.75) is 39.2 Å². The minimum Gasteiger partial charge on any atom is -0.495 e. The molecule has 7 nitrogen and oxygen atoms in total. The lowest BCUT2D eigenvalue weighted by molar-refractivity contribution is -0.119. The molecular weight excluding hydrogens is 384 g/mol. The van der Waals surface area contributed by atoms with Crippen molar-refractivity contribution in [3.05, 3.63) is 52.6 Å². The Labute approximate surface area is 176 Å². The van der Waals surface area contributed by atoms with E-state index in [2.05, 4.69) is 4.74 Å². The van der Waals surface area contributed by atoms with Gasteiger partial charge in [-0.25, -0.2) is 4.79 Å². The summed E-state index contributed by atoms with van der Waals surface area (Å²) in [6.45, 7) is 4.43. The zero-order valence-electron chi connectivity index (χ0n) is 17.9. The minimum absolute atomic E-state index is 0.130. The van der Waals surface area contributed by atoms with Crippen LogP contribution in [0.15, 0.2) is 30.3 Å². The number of carbonyl (C=O) groups excluding carboxylic acids is 2. The molecule has 0 aliphatic carbocycles. The molecule has 0 saturated heterocycles. The highest BCUT2D eigenvalue weighted by Crippen LogP contribution is 2.36. The van der Waals surface area contributed by atoms with E-state index in [0.717, 1.165) is 40.8 Å². The van der Waals surface area contributed by atoms with Gasteiger partial charge in [0.05, 0.1) is 25.9 Å². The SMILES string of the molecule is COC(=O)Oc1cc(C)c(CC(N)C(=O)N2CCCc3cccc(OC)c32)c(C)c1. The molecule has 2 N–H and O–H groups in total. The monoisotopic (exact) mass is 412 g/mol. The van der Waals surface area contributed by atoms with E-state index in [-0.39, 0.29) is 5.91 Å². The summed E-state index contributed by atoms with van der Waals surface area (Å²) in [5.74, 6) is 0.953. The quantitative estimate of drug-likeness (QED) is 0.598. The Morgan fingerprint density at radius 1 is 1.17 bits per heavy atom. The largest absolute Gasteiger partial charge is 0.513 e. The Hall–Kier alpha value is -3.06. The van der Waals surface area contributed by atoms with Crippen molar-refractivity contribution in [2.24, 2.45) is 5.73 Å². The molecule has 160 valence electrons. The topological polar surface area (TPSA) is 91.1 Å². The normalized spacial score (nSPS) is 14.0. The first-order valence-electron chi connectivity index (χ1n) is 9.94. The van der Waals surface area contributed by atoms with Crippen LogP contribution in [0.25, 0.3) is 0 Å². The lowest BCUT2D eigenvalue weighted by Gasteiger charge is -2.32. The van der Waals surface area contributed by atoms with E-state index in [1.54, 1.807) is 24.1 Å². The number of benzene rings is 2. The molecule has 0 fully saturated rings. The van der Waals surface area contributed by atoms with E-state index in [4.69, 9.17) is 15.2 Å². The lowest BCUT2D eigenvalue weighted by atomic mass is 9.94. The Kier molecular flexibility index (Phi) is 6.62. The van der Waals surface area contributed by atoms with Gasteiger partial charge in [-0.05, 0) is 73.6 Å². The van der Waals surface area contributed by atoms with E-state index in [1.165, 1.54) is 7.11 Å². The number of fused-ring (bicyclic) bond motifs is 1. The number of amides is 1. The molecule has 0 saturated carbocycles. The van der Waals surface area contributed by atoms with Crippen molar-refractivity contribution in [2.75, 3.05) is 25.7 Å². The van der Waals surface area contributed by atoms with E-state index < -0.39 is 12.2 Å². The third-order valence-electron chi connectivity index (χ3n) is 5.44. The van der Waals surface area contributed by atoms with Crippen LogP contribution in [0.1, 0.15) is 28.7 Å². The van der Waals surface area contributed by atoms with E-state index in [9.17, 15) is 9.59 Å². The highest BCUT2D eigenvalue weighted by Gasteiger charge is 2.29. The van der Waals surface area contributed by atoms with Crippen molar-refractivity contribution >= 4 is 17.7 Å². The standard InChI is InChI=1S/C23H28N2O5/c1-14-11-17(30-23(27)29-4)12-15(2)18(14)13-19(24)22(26)25-10-6-8-16-7-5-9-20(28-3)21(16)25/h5,7,9,11-12,19H,6,8,10,13,24H2,1-4H3. The summed E-state index contributed by atoms with van der Waals surface area (Å²) in [6.07, 6.45) is 1.41. The maximum atomic E-state index is 13.3. The fourth-order valence-corrected chi connectivity index (χ4v) is 3.98. The number of carbonyl (C=O) groups is 2. The number of hydrogen-bond donors (Lipinski definition) is 1. The van der Waals surface area contributed by atoms with E-state index in [1.807, 2.05) is 32.0 Å². The lowest BCUT2D eigenvalue weighted by Crippen LogP contribution is -2.47. The molecule has 1 unspecified atom stereocenters. The summed E-state index contributed by atoms with van der Waals surface area (Å²) < 4.78 is 15.1. The van der Waals surface area contributed by atoms with Crippen molar-refractivity contribution < 1.29 is 23.8 Å². The molecule has 7 heteroatoms. The van der Waals surface area contributed by atoms with Crippen LogP contribution in [0, 0.1) is 13.8 Å². The molecule has 1 aliphatic heterocycles. The summed E-state index contributed by atoms with van der Waals surface area (Å²) in [6, 6.07) is 8.62. The van der Waals surface area contributed by atoms with Crippen LogP contribution in [-0.2, 0) is 22.4 Å². The van der Waals surface area contributed by atoms with Crippen molar-refractivity contribution in [3.8, 4) is 11.5 Å². The van der Waals surface area contributed by atoms with Gasteiger partial charge in [0, 0.05) is 6.54 Å². The number of hydrogen-bond acceptors (Lipinski definition) is 6. The average Bonchev–Trinajstić information content (AvgIpc) is 2.74. The molecule has 0 spiro atoms. The first kappa shape index (κ1) is 21.6. The zero-order chi connectivity index (χ0) is 21.8. The smallest absolute Gasteiger partial charge is 0.495 e. The van der Waals surface area contributed by atoms with Gasteiger partial charge in [-0.1, -0.05) is 12.1 Å². The van der Waals surface area contributed by atoms with Crippen LogP contribution in [-0.4, -0.2) is 38.9 Å². The Morgan fingerprint density at radius 2 is 1.87 bits per heavy atom. The van der Waals surface area contributed by atoms with Crippen LogP contribution >= 0.6 is 0 Å². The summed E-state index contributed by atoms with van der Waals surface area (Å²) in [5, 5.41) is 0. The molecular formula is C23H28N2O5. The van der Waals surface area contributed by atoms with Gasteiger partial charge in [0.1, 0.15) is 11.5 Å². The molecule has 30 heavy (non-hydrogen) atoms. The summed E-state index contributed by atoms with van der Waals surface area (Å²) >= 11 is 0. The van der Waals surface area contributed by atoms with Crippen LogP contribution in [0.5, 0.6) is 11.5 Å². The molecule has 1 atom stereocenters. The molecule has 1 aliphatic rings. The summed E-state index contributed by atoms with van der Waals surface area (Å²) in [7, 11) is 2.87. The predicted octanol–water partition coefficient (Wildman–Crippen LogP) is 3.31. The molecule has 0 radical (unpaired) electrons. The average molecular weight is 412 g/mol. The number of nitrogens with zero attached hydrogens (tertiary/aromatic N) is 1. The fourth-order valence-electron chi connectivity index (χ4n) is 3.98. The minimum atomic E-state index is -0.772. The zero-order valence-corrected chi connectivity index (χ0v) is 17.9. The number of nitrogens with two attached hydrogens (primary N) is 1. The molecule has 0 aromatic heterocycles. The highest BCUT2D eigenvalue weighted by atomic mass is 16.7. The first-order chi connectivity index (χ1) is 14.3. The van der Waals surface area contributed by atoms with Gasteiger partial charge < -0.3 is 24.8 Å². The van der Waals surface area contributed by atoms with Crippen LogP contribution in [0.3, 0.4) is 0 Å². The fraction of sp³-hybridized carbons (Fsp3) is 0.391. The van der Waals surface area contributed by atoms with Gasteiger partial charge in [0.25, 0.3) is 0 Å². The maximum Gasteiger partial charge on any atom is 0.513 e. The van der Waals surface area contributed by atoms with Crippen molar-refractivity contribution in [1.82, 2.24) is 0 Å². The molecule has 1 amide bonds. The molecule has 0 bridgehead atoms. The number of anilines is 1. The third kappa shape index (κ3) is 4.41. The third-order valence-corrected chi connectivity index (χ3v) is 5.44. The Morgan fingerprint density at radius 3 is 2.50 bits per heavy atom. The van der Waals surface area contributed by atoms with Gasteiger partial charge in [0.15, 0.2) is 0 Å². The van der Waals surface area contributed by atoms with E-state index in [0.29, 0.717) is 24.5 Å². The number of rotatable bonds is 5. The van der Waals surface area contributed by atoms with Gasteiger partial charge in [-0.2, -0.15) is 0 Å². The number of para-hydroxylation sites is 1. The van der Waals surface area contributed by atoms with Crippen LogP contribution in [0.4, 0.5) is 10.5 Å². The van der Waals surface area contributed by atoms with Crippen LogP contribution < -0.4 is 20.1 Å². The first-order valence-corrected chi connectivity index (χ1v) is 9.94. The number of aryl methyl sites for hydroxylation is 3. The highest BCUT2D eigenvalue weighted by molar-refractivity contribution is 5.99. The van der Waals surface area contributed by atoms with Gasteiger partial charge in [-0.15, -0.1) is 0 Å². The second-order valence-corrected chi connectivity index (χ2v) is 7.46.